The number of ether oxygens (including phenoxy) is 2. The zero-order chi connectivity index (χ0) is 12.7. The van der Waals surface area contributed by atoms with Crippen LogP contribution in [0.15, 0.2) is 6.33 Å². The summed E-state index contributed by atoms with van der Waals surface area (Å²) in [7, 11) is 1.45. The molecule has 0 atom stereocenters. The number of anilines is 2. The Morgan fingerprint density at radius 2 is 2.18 bits per heavy atom. The van der Waals surface area contributed by atoms with Crippen molar-refractivity contribution in [2.75, 3.05) is 31.0 Å². The molecule has 8 nitrogen and oxygen atoms in total. The maximum Gasteiger partial charge on any atom is 0.325 e. The maximum absolute atomic E-state index is 11.2. The van der Waals surface area contributed by atoms with Crippen LogP contribution in [0.2, 0.25) is 0 Å². The number of esters is 1. The van der Waals surface area contributed by atoms with Crippen LogP contribution in [0.25, 0.3) is 0 Å². The molecule has 94 valence electrons. The third-order valence-electron chi connectivity index (χ3n) is 1.85. The normalized spacial score (nSPS) is 9.59. The minimum Gasteiger partial charge on any atom is -0.490 e. The Labute approximate surface area is 98.5 Å². The van der Waals surface area contributed by atoms with Crippen molar-refractivity contribution in [1.29, 1.82) is 0 Å². The van der Waals surface area contributed by atoms with Crippen molar-refractivity contribution in [2.45, 2.75) is 6.92 Å². The predicted octanol–water partition coefficient (Wildman–Crippen LogP) is -0.254. The summed E-state index contributed by atoms with van der Waals surface area (Å²) in [6, 6.07) is 0. The molecule has 0 radical (unpaired) electrons. The van der Waals surface area contributed by atoms with Crippen molar-refractivity contribution >= 4 is 17.6 Å². The highest BCUT2D eigenvalue weighted by Crippen LogP contribution is 2.27. The standard InChI is InChI=1S/C9H15N5O3/c1-3-17-6(15)4-11-8-7(16-2)9(14-10)13-5-12-8/h5H,3-4,10H2,1-2H3,(H2,11,12,13,14). The van der Waals surface area contributed by atoms with Gasteiger partial charge in [0, 0.05) is 0 Å². The molecular weight excluding hydrogens is 226 g/mol. The number of carbonyl (C=O) groups is 1. The van der Waals surface area contributed by atoms with Gasteiger partial charge in [-0.15, -0.1) is 0 Å². The predicted molar refractivity (Wildman–Crippen MR) is 61.5 cm³/mol. The summed E-state index contributed by atoms with van der Waals surface area (Å²) in [5.41, 5.74) is 2.37. The third kappa shape index (κ3) is 3.45. The SMILES string of the molecule is CCOC(=O)CNc1ncnc(NN)c1OC. The summed E-state index contributed by atoms with van der Waals surface area (Å²) < 4.78 is 9.85. The highest BCUT2D eigenvalue weighted by atomic mass is 16.5. The Balaban J connectivity index is 2.73. The van der Waals surface area contributed by atoms with Crippen molar-refractivity contribution < 1.29 is 14.3 Å². The summed E-state index contributed by atoms with van der Waals surface area (Å²) in [4.78, 5) is 19.0. The number of nitrogens with one attached hydrogen (secondary N) is 2. The summed E-state index contributed by atoms with van der Waals surface area (Å²) in [6.07, 6.45) is 1.30. The van der Waals surface area contributed by atoms with Gasteiger partial charge in [0.15, 0.2) is 11.6 Å². The van der Waals surface area contributed by atoms with Crippen LogP contribution in [0, 0.1) is 0 Å². The summed E-state index contributed by atoms with van der Waals surface area (Å²) in [6.45, 7) is 2.06. The van der Waals surface area contributed by atoms with E-state index in [4.69, 9.17) is 15.3 Å². The van der Waals surface area contributed by atoms with E-state index in [1.54, 1.807) is 6.92 Å². The van der Waals surface area contributed by atoms with Crippen molar-refractivity contribution in [3.05, 3.63) is 6.33 Å². The number of hydrogen-bond acceptors (Lipinski definition) is 8. The van der Waals surface area contributed by atoms with E-state index in [9.17, 15) is 4.79 Å². The molecule has 0 aliphatic carbocycles. The van der Waals surface area contributed by atoms with Crippen molar-refractivity contribution in [1.82, 2.24) is 9.97 Å². The lowest BCUT2D eigenvalue weighted by Gasteiger charge is -2.11. The molecule has 0 amide bonds. The van der Waals surface area contributed by atoms with Gasteiger partial charge in [-0.05, 0) is 6.92 Å². The first-order valence-electron chi connectivity index (χ1n) is 4.98. The lowest BCUT2D eigenvalue weighted by Crippen LogP contribution is -2.18. The van der Waals surface area contributed by atoms with E-state index < -0.39 is 0 Å². The molecule has 1 aromatic heterocycles. The first kappa shape index (κ1) is 13.0. The van der Waals surface area contributed by atoms with Gasteiger partial charge in [-0.1, -0.05) is 0 Å². The smallest absolute Gasteiger partial charge is 0.325 e. The van der Waals surface area contributed by atoms with E-state index in [1.165, 1.54) is 13.4 Å². The van der Waals surface area contributed by atoms with Gasteiger partial charge in [0.05, 0.1) is 13.7 Å². The lowest BCUT2D eigenvalue weighted by atomic mass is 10.4. The molecule has 1 rings (SSSR count). The first-order valence-corrected chi connectivity index (χ1v) is 4.98. The van der Waals surface area contributed by atoms with E-state index in [2.05, 4.69) is 20.7 Å². The highest BCUT2D eigenvalue weighted by Gasteiger charge is 2.12. The fourth-order valence-electron chi connectivity index (χ4n) is 1.16. The number of hydrogen-bond donors (Lipinski definition) is 3. The molecular formula is C9H15N5O3. The van der Waals surface area contributed by atoms with Crippen LogP contribution < -0.4 is 21.3 Å². The second-order valence-corrected chi connectivity index (χ2v) is 2.91. The molecule has 0 spiro atoms. The van der Waals surface area contributed by atoms with Gasteiger partial charge in [-0.2, -0.15) is 0 Å². The van der Waals surface area contributed by atoms with E-state index >= 15 is 0 Å². The molecule has 0 bridgehead atoms. The average Bonchev–Trinajstić information content (AvgIpc) is 2.36. The number of hydrazine groups is 1. The Kier molecular flexibility index (Phi) is 4.95. The van der Waals surface area contributed by atoms with Crippen LogP contribution in [0.3, 0.4) is 0 Å². The highest BCUT2D eigenvalue weighted by molar-refractivity contribution is 5.76. The number of nitrogen functional groups attached to an aromatic ring is 1. The van der Waals surface area contributed by atoms with Crippen LogP contribution in [0.5, 0.6) is 5.75 Å². The topological polar surface area (TPSA) is 111 Å². The van der Waals surface area contributed by atoms with Gasteiger partial charge < -0.3 is 20.2 Å². The van der Waals surface area contributed by atoms with Gasteiger partial charge in [-0.3, -0.25) is 4.79 Å². The second-order valence-electron chi connectivity index (χ2n) is 2.91. The molecule has 0 aromatic carbocycles. The maximum atomic E-state index is 11.2. The molecule has 0 saturated carbocycles. The monoisotopic (exact) mass is 241 g/mol. The third-order valence-corrected chi connectivity index (χ3v) is 1.85. The minimum absolute atomic E-state index is 0.00871. The largest absolute Gasteiger partial charge is 0.490 e. The van der Waals surface area contributed by atoms with E-state index in [0.717, 1.165) is 0 Å². The average molecular weight is 241 g/mol. The molecule has 0 unspecified atom stereocenters. The Bertz CT molecular complexity index is 385. The van der Waals surface area contributed by atoms with Crippen LogP contribution in [-0.2, 0) is 9.53 Å². The molecule has 4 N–H and O–H groups in total. The number of methoxy groups -OCH3 is 1. The number of rotatable bonds is 6. The fraction of sp³-hybridized carbons (Fsp3) is 0.444. The first-order chi connectivity index (χ1) is 8.22. The molecule has 0 aliphatic rings. The van der Waals surface area contributed by atoms with Gasteiger partial charge >= 0.3 is 5.97 Å². The number of aromatic nitrogens is 2. The van der Waals surface area contributed by atoms with Gasteiger partial charge in [0.2, 0.25) is 5.75 Å². The zero-order valence-corrected chi connectivity index (χ0v) is 9.69. The van der Waals surface area contributed by atoms with Gasteiger partial charge in [0.1, 0.15) is 12.9 Å². The second kappa shape index (κ2) is 6.48. The van der Waals surface area contributed by atoms with Gasteiger partial charge in [-0.25, -0.2) is 15.8 Å². The van der Waals surface area contributed by atoms with Crippen molar-refractivity contribution in [3.8, 4) is 5.75 Å². The summed E-state index contributed by atoms with van der Waals surface area (Å²) in [5, 5.41) is 2.78. The zero-order valence-electron chi connectivity index (χ0n) is 9.69. The van der Waals surface area contributed by atoms with Gasteiger partial charge in [0.25, 0.3) is 0 Å². The number of nitrogens with zero attached hydrogens (tertiary/aromatic N) is 2. The molecule has 8 heteroatoms. The molecule has 0 aliphatic heterocycles. The van der Waals surface area contributed by atoms with Crippen LogP contribution in [0.4, 0.5) is 11.6 Å². The molecule has 1 heterocycles. The van der Waals surface area contributed by atoms with Crippen molar-refractivity contribution in [2.24, 2.45) is 5.84 Å². The van der Waals surface area contributed by atoms with Crippen molar-refractivity contribution in [3.63, 3.8) is 0 Å². The van der Waals surface area contributed by atoms with Crippen LogP contribution >= 0.6 is 0 Å². The van der Waals surface area contributed by atoms with E-state index in [0.29, 0.717) is 24.0 Å². The Morgan fingerprint density at radius 1 is 1.47 bits per heavy atom. The fourth-order valence-corrected chi connectivity index (χ4v) is 1.16. The summed E-state index contributed by atoms with van der Waals surface area (Å²) in [5.74, 6) is 5.90. The summed E-state index contributed by atoms with van der Waals surface area (Å²) >= 11 is 0. The van der Waals surface area contributed by atoms with E-state index in [1.807, 2.05) is 0 Å². The number of carbonyl (C=O) groups excluding carboxylic acids is 1. The molecule has 17 heavy (non-hydrogen) atoms. The molecule has 0 saturated heterocycles. The molecule has 1 aromatic rings. The van der Waals surface area contributed by atoms with Crippen LogP contribution in [-0.4, -0.2) is 36.2 Å². The Hall–Kier alpha value is -2.09. The molecule has 0 fully saturated rings. The quantitative estimate of drug-likeness (QED) is 0.355. The van der Waals surface area contributed by atoms with E-state index in [-0.39, 0.29) is 12.5 Å². The number of nitrogens with two attached hydrogens (primary N) is 1. The Morgan fingerprint density at radius 3 is 2.76 bits per heavy atom. The minimum atomic E-state index is -0.379. The lowest BCUT2D eigenvalue weighted by molar-refractivity contribution is -0.140. The van der Waals surface area contributed by atoms with Crippen LogP contribution in [0.1, 0.15) is 6.92 Å².